The summed E-state index contributed by atoms with van der Waals surface area (Å²) in [6, 6.07) is 1.32. The molecular formula is C17H17F2N5OS. The van der Waals surface area contributed by atoms with Crippen molar-refractivity contribution in [2.75, 3.05) is 0 Å². The number of halogens is 2. The molecule has 26 heavy (non-hydrogen) atoms. The van der Waals surface area contributed by atoms with Crippen LogP contribution >= 0.6 is 12.2 Å². The van der Waals surface area contributed by atoms with E-state index in [0.717, 1.165) is 25.7 Å². The number of fused-ring (bicyclic) bond motifs is 1. The molecule has 0 aliphatic heterocycles. The van der Waals surface area contributed by atoms with Gasteiger partial charge >= 0.3 is 0 Å². The lowest BCUT2D eigenvalue weighted by Crippen LogP contribution is -2.20. The molecule has 1 saturated carbocycles. The molecule has 9 heteroatoms. The second-order valence-corrected chi connectivity index (χ2v) is 6.95. The Labute approximate surface area is 152 Å². The molecular weight excluding hydrogens is 360 g/mol. The summed E-state index contributed by atoms with van der Waals surface area (Å²) in [5.74, 6) is 0. The van der Waals surface area contributed by atoms with Gasteiger partial charge in [-0.15, -0.1) is 0 Å². The molecule has 0 amide bonds. The van der Waals surface area contributed by atoms with Crippen molar-refractivity contribution in [2.24, 2.45) is 7.05 Å². The first-order valence-corrected chi connectivity index (χ1v) is 8.83. The van der Waals surface area contributed by atoms with Crippen molar-refractivity contribution in [3.63, 3.8) is 0 Å². The van der Waals surface area contributed by atoms with Gasteiger partial charge in [-0.3, -0.25) is 19.0 Å². The van der Waals surface area contributed by atoms with Crippen LogP contribution in [-0.2, 0) is 7.05 Å². The standard InChI is InChI=1S/C17H17F2N5OS/c1-23-8-9(7-20-23)12-6-11(14(18)19)13-15(21-12)24(10-4-2-3-5-10)17(26)22-16(13)25/h6-8,10,14H,2-5H2,1H3,(H,22,25,26). The summed E-state index contributed by atoms with van der Waals surface area (Å²) < 4.78 is 31.0. The molecule has 0 radical (unpaired) electrons. The van der Waals surface area contributed by atoms with Gasteiger partial charge in [0.2, 0.25) is 0 Å². The van der Waals surface area contributed by atoms with Crippen LogP contribution in [0.1, 0.15) is 43.7 Å². The summed E-state index contributed by atoms with van der Waals surface area (Å²) >= 11 is 5.34. The molecule has 0 atom stereocenters. The minimum absolute atomic E-state index is 0.0593. The van der Waals surface area contributed by atoms with Crippen molar-refractivity contribution in [2.45, 2.75) is 38.2 Å². The predicted octanol–water partition coefficient (Wildman–Crippen LogP) is 3.91. The molecule has 1 aliphatic carbocycles. The maximum Gasteiger partial charge on any atom is 0.264 e. The lowest BCUT2D eigenvalue weighted by Gasteiger charge is -2.18. The Kier molecular flexibility index (Phi) is 4.18. The van der Waals surface area contributed by atoms with Crippen LogP contribution in [0.5, 0.6) is 0 Å². The fourth-order valence-corrected chi connectivity index (χ4v) is 3.98. The molecule has 0 bridgehead atoms. The monoisotopic (exact) mass is 377 g/mol. The Balaban J connectivity index is 2.10. The summed E-state index contributed by atoms with van der Waals surface area (Å²) in [5.41, 5.74) is 0.229. The van der Waals surface area contributed by atoms with Gasteiger partial charge in [-0.1, -0.05) is 12.8 Å². The number of pyridine rings is 1. The van der Waals surface area contributed by atoms with E-state index in [1.807, 2.05) is 0 Å². The first kappa shape index (κ1) is 17.0. The quantitative estimate of drug-likeness (QED) is 0.703. The van der Waals surface area contributed by atoms with Crippen molar-refractivity contribution >= 4 is 23.3 Å². The normalized spacial score (nSPS) is 15.4. The van der Waals surface area contributed by atoms with E-state index in [0.29, 0.717) is 11.3 Å². The Bertz CT molecular complexity index is 1090. The Morgan fingerprint density at radius 3 is 2.69 bits per heavy atom. The van der Waals surface area contributed by atoms with Gasteiger partial charge in [-0.2, -0.15) is 5.10 Å². The van der Waals surface area contributed by atoms with Crippen molar-refractivity contribution in [3.05, 3.63) is 39.1 Å². The molecule has 3 aromatic heterocycles. The third kappa shape index (κ3) is 2.76. The number of hydrogen-bond donors (Lipinski definition) is 1. The van der Waals surface area contributed by atoms with Crippen LogP contribution in [0, 0.1) is 4.77 Å². The van der Waals surface area contributed by atoms with E-state index >= 15 is 0 Å². The van der Waals surface area contributed by atoms with E-state index < -0.39 is 12.0 Å². The fourth-order valence-electron chi connectivity index (χ4n) is 3.65. The van der Waals surface area contributed by atoms with E-state index in [9.17, 15) is 13.6 Å². The third-order valence-corrected chi connectivity index (χ3v) is 5.15. The van der Waals surface area contributed by atoms with Gasteiger partial charge < -0.3 is 0 Å². The van der Waals surface area contributed by atoms with E-state index in [2.05, 4.69) is 15.1 Å². The average molecular weight is 377 g/mol. The lowest BCUT2D eigenvalue weighted by atomic mass is 10.1. The second kappa shape index (κ2) is 6.39. The molecule has 0 aromatic carbocycles. The highest BCUT2D eigenvalue weighted by Gasteiger charge is 2.25. The lowest BCUT2D eigenvalue weighted by molar-refractivity contribution is 0.153. The molecule has 136 valence electrons. The highest BCUT2D eigenvalue weighted by molar-refractivity contribution is 7.71. The number of H-pyrrole nitrogens is 1. The van der Waals surface area contributed by atoms with Gasteiger partial charge in [-0.25, -0.2) is 13.8 Å². The molecule has 0 saturated heterocycles. The molecule has 0 spiro atoms. The number of alkyl halides is 2. The molecule has 3 heterocycles. The van der Waals surface area contributed by atoms with Gasteiger partial charge in [0.25, 0.3) is 12.0 Å². The topological polar surface area (TPSA) is 68.5 Å². The zero-order chi connectivity index (χ0) is 18.4. The second-order valence-electron chi connectivity index (χ2n) is 6.57. The van der Waals surface area contributed by atoms with Crippen molar-refractivity contribution in [1.29, 1.82) is 0 Å². The summed E-state index contributed by atoms with van der Waals surface area (Å²) in [6.45, 7) is 0. The van der Waals surface area contributed by atoms with Gasteiger partial charge in [0.05, 0.1) is 17.3 Å². The predicted molar refractivity (Wildman–Crippen MR) is 95.9 cm³/mol. The van der Waals surface area contributed by atoms with E-state index in [4.69, 9.17) is 12.2 Å². The maximum atomic E-state index is 13.8. The minimum atomic E-state index is -2.80. The Morgan fingerprint density at radius 2 is 2.08 bits per heavy atom. The van der Waals surface area contributed by atoms with Crippen molar-refractivity contribution in [1.82, 2.24) is 24.3 Å². The number of nitrogens with one attached hydrogen (secondary N) is 1. The first-order valence-electron chi connectivity index (χ1n) is 8.42. The third-order valence-electron chi connectivity index (χ3n) is 4.85. The highest BCUT2D eigenvalue weighted by atomic mass is 32.1. The number of aromatic nitrogens is 5. The van der Waals surface area contributed by atoms with Crippen LogP contribution in [0.3, 0.4) is 0 Å². The number of rotatable bonds is 3. The molecule has 3 aromatic rings. The van der Waals surface area contributed by atoms with E-state index in [1.165, 1.54) is 6.07 Å². The molecule has 6 nitrogen and oxygen atoms in total. The van der Waals surface area contributed by atoms with E-state index in [-0.39, 0.29) is 27.4 Å². The number of hydrogen-bond acceptors (Lipinski definition) is 4. The number of nitrogens with zero attached hydrogens (tertiary/aromatic N) is 4. The van der Waals surface area contributed by atoms with Gasteiger partial charge in [-0.05, 0) is 31.1 Å². The SMILES string of the molecule is Cn1cc(-c2cc(C(F)F)c3c(=O)[nH]c(=S)n(C4CCCC4)c3n2)cn1. The summed E-state index contributed by atoms with van der Waals surface area (Å²) in [5, 5.41) is 3.99. The molecule has 4 rings (SSSR count). The van der Waals surface area contributed by atoms with Crippen molar-refractivity contribution in [3.8, 4) is 11.3 Å². The highest BCUT2D eigenvalue weighted by Crippen LogP contribution is 2.34. The van der Waals surface area contributed by atoms with Crippen molar-refractivity contribution < 1.29 is 8.78 Å². The number of aryl methyl sites for hydroxylation is 1. The number of aromatic amines is 1. The van der Waals surface area contributed by atoms with Crippen LogP contribution in [-0.4, -0.2) is 24.3 Å². The Hall–Kier alpha value is -2.42. The molecule has 1 N–H and O–H groups in total. The van der Waals surface area contributed by atoms with Crippen LogP contribution in [0.25, 0.3) is 22.3 Å². The van der Waals surface area contributed by atoms with Crippen LogP contribution in [0.15, 0.2) is 23.3 Å². The maximum absolute atomic E-state index is 13.8. The zero-order valence-electron chi connectivity index (χ0n) is 14.1. The van der Waals surface area contributed by atoms with Gasteiger partial charge in [0, 0.05) is 30.4 Å². The summed E-state index contributed by atoms with van der Waals surface area (Å²) in [7, 11) is 1.74. The zero-order valence-corrected chi connectivity index (χ0v) is 14.9. The minimum Gasteiger partial charge on any atom is -0.299 e. The Morgan fingerprint density at radius 1 is 1.35 bits per heavy atom. The largest absolute Gasteiger partial charge is 0.299 e. The van der Waals surface area contributed by atoms with Crippen LogP contribution < -0.4 is 5.56 Å². The first-order chi connectivity index (χ1) is 12.5. The average Bonchev–Trinajstić information content (AvgIpc) is 3.25. The smallest absolute Gasteiger partial charge is 0.264 e. The molecule has 1 fully saturated rings. The van der Waals surface area contributed by atoms with Crippen LogP contribution in [0.4, 0.5) is 8.78 Å². The molecule has 1 aliphatic rings. The van der Waals surface area contributed by atoms with E-state index in [1.54, 1.807) is 28.7 Å². The van der Waals surface area contributed by atoms with Gasteiger partial charge in [0.1, 0.15) is 5.65 Å². The van der Waals surface area contributed by atoms with Gasteiger partial charge in [0.15, 0.2) is 4.77 Å². The molecule has 0 unspecified atom stereocenters. The van der Waals surface area contributed by atoms with Crippen LogP contribution in [0.2, 0.25) is 0 Å². The summed E-state index contributed by atoms with van der Waals surface area (Å²) in [4.78, 5) is 19.5. The summed E-state index contributed by atoms with van der Waals surface area (Å²) in [6.07, 6.45) is 4.31. The fraction of sp³-hybridized carbons (Fsp3) is 0.412.